The summed E-state index contributed by atoms with van der Waals surface area (Å²) in [5.41, 5.74) is 0. The first kappa shape index (κ1) is 16.3. The first-order valence-corrected chi connectivity index (χ1v) is 9.87. The lowest BCUT2D eigenvalue weighted by atomic mass is 9.97. The van der Waals surface area contributed by atoms with E-state index >= 15 is 0 Å². The Labute approximate surface area is 136 Å². The lowest BCUT2D eigenvalue weighted by molar-refractivity contribution is 0.00169. The molecule has 0 N–H and O–H groups in total. The smallest absolute Gasteiger partial charge is 0.243 e. The second-order valence-corrected chi connectivity index (χ2v) is 8.94. The van der Waals surface area contributed by atoms with Crippen LogP contribution in [-0.4, -0.2) is 67.6 Å². The molecule has 2 heterocycles. The zero-order chi connectivity index (χ0) is 15.9. The van der Waals surface area contributed by atoms with Crippen LogP contribution in [0.2, 0.25) is 0 Å². The molecule has 0 unspecified atom stereocenters. The van der Waals surface area contributed by atoms with Crippen LogP contribution < -0.4 is 0 Å². The van der Waals surface area contributed by atoms with Crippen molar-refractivity contribution in [3.05, 3.63) is 30.3 Å². The molecule has 0 radical (unpaired) electrons. The summed E-state index contributed by atoms with van der Waals surface area (Å²) in [7, 11) is 0.227. The van der Waals surface area contributed by atoms with E-state index in [9.17, 15) is 8.42 Å². The number of ether oxygens (including phenoxy) is 1. The maximum atomic E-state index is 13.0. The molecule has 22 heavy (non-hydrogen) atoms. The fourth-order valence-corrected chi connectivity index (χ4v) is 6.70. The lowest BCUT2D eigenvalue weighted by Crippen LogP contribution is -2.62. The van der Waals surface area contributed by atoms with E-state index < -0.39 is 10.0 Å². The van der Waals surface area contributed by atoms with Gasteiger partial charge in [-0.05, 0) is 26.1 Å². The molecule has 5 nitrogen and oxygen atoms in total. The van der Waals surface area contributed by atoms with E-state index in [1.54, 1.807) is 35.7 Å². The molecule has 122 valence electrons. The van der Waals surface area contributed by atoms with Gasteiger partial charge in [-0.25, -0.2) is 8.42 Å². The first-order valence-electron chi connectivity index (χ1n) is 7.38. The predicted octanol–water partition coefficient (Wildman–Crippen LogP) is 1.47. The minimum Gasteiger partial charge on any atom is -0.379 e. The third-order valence-electron chi connectivity index (χ3n) is 4.66. The van der Waals surface area contributed by atoms with E-state index in [1.807, 2.05) is 31.8 Å². The number of rotatable bonds is 3. The zero-order valence-corrected chi connectivity index (χ0v) is 14.7. The number of sulfonamides is 1. The standard InChI is InChI=1S/C15H22N2O3S2/c1-11-14(20-3)15-13(16(2)10-21-15)9-17(11)22(18,19)12-7-5-4-6-8-12/h4-8,11,13-15H,9-10H2,1-3H3/t11-,13-,14+,15-/m0/s1. The number of fused-ring (bicyclic) bond motifs is 1. The molecule has 0 spiro atoms. The number of thioether (sulfide) groups is 1. The molecule has 1 aromatic carbocycles. The third-order valence-corrected chi connectivity index (χ3v) is 8.15. The van der Waals surface area contributed by atoms with Gasteiger partial charge in [0.2, 0.25) is 10.0 Å². The van der Waals surface area contributed by atoms with Crippen LogP contribution in [0, 0.1) is 0 Å². The summed E-state index contributed by atoms with van der Waals surface area (Å²) in [5.74, 6) is 0.918. The van der Waals surface area contributed by atoms with Crippen LogP contribution in [0.25, 0.3) is 0 Å². The molecule has 1 aromatic rings. The third kappa shape index (κ3) is 2.59. The Morgan fingerprint density at radius 2 is 1.95 bits per heavy atom. The molecule has 7 heteroatoms. The molecule has 0 amide bonds. The number of nitrogens with zero attached hydrogens (tertiary/aromatic N) is 2. The van der Waals surface area contributed by atoms with E-state index in [0.29, 0.717) is 16.7 Å². The van der Waals surface area contributed by atoms with Crippen LogP contribution in [-0.2, 0) is 14.8 Å². The number of hydrogen-bond acceptors (Lipinski definition) is 5. The molecule has 0 saturated carbocycles. The minimum absolute atomic E-state index is 0.0906. The average molecular weight is 342 g/mol. The second kappa shape index (κ2) is 6.13. The van der Waals surface area contributed by atoms with Gasteiger partial charge in [0.15, 0.2) is 0 Å². The van der Waals surface area contributed by atoms with Crippen molar-refractivity contribution in [2.45, 2.75) is 35.3 Å². The van der Waals surface area contributed by atoms with E-state index in [2.05, 4.69) is 4.90 Å². The van der Waals surface area contributed by atoms with Gasteiger partial charge in [0.05, 0.1) is 16.2 Å². The van der Waals surface area contributed by atoms with Gasteiger partial charge in [-0.3, -0.25) is 4.90 Å². The number of methoxy groups -OCH3 is 1. The molecule has 0 aliphatic carbocycles. The van der Waals surface area contributed by atoms with Crippen molar-refractivity contribution in [1.29, 1.82) is 0 Å². The molecular weight excluding hydrogens is 320 g/mol. The molecule has 4 atom stereocenters. The van der Waals surface area contributed by atoms with Gasteiger partial charge in [0.25, 0.3) is 0 Å². The Bertz CT molecular complexity index is 623. The van der Waals surface area contributed by atoms with E-state index in [-0.39, 0.29) is 18.2 Å². The molecule has 0 bridgehead atoms. The van der Waals surface area contributed by atoms with Crippen molar-refractivity contribution in [2.24, 2.45) is 0 Å². The topological polar surface area (TPSA) is 49.9 Å². The summed E-state index contributed by atoms with van der Waals surface area (Å²) in [6.07, 6.45) is -0.0906. The minimum atomic E-state index is -3.50. The Kier molecular flexibility index (Phi) is 4.53. The van der Waals surface area contributed by atoms with Gasteiger partial charge in [-0.15, -0.1) is 11.8 Å². The highest BCUT2D eigenvalue weighted by molar-refractivity contribution is 8.00. The number of hydrogen-bond donors (Lipinski definition) is 0. The molecule has 2 aliphatic heterocycles. The molecular formula is C15H22N2O3S2. The molecule has 2 fully saturated rings. The quantitative estimate of drug-likeness (QED) is 0.832. The van der Waals surface area contributed by atoms with Crippen molar-refractivity contribution in [3.63, 3.8) is 0 Å². The molecule has 2 aliphatic rings. The second-order valence-electron chi connectivity index (χ2n) is 5.91. The van der Waals surface area contributed by atoms with Crippen LogP contribution in [0.5, 0.6) is 0 Å². The maximum absolute atomic E-state index is 13.0. The average Bonchev–Trinajstić information content (AvgIpc) is 2.88. The fraction of sp³-hybridized carbons (Fsp3) is 0.600. The van der Waals surface area contributed by atoms with Crippen molar-refractivity contribution in [1.82, 2.24) is 9.21 Å². The summed E-state index contributed by atoms with van der Waals surface area (Å²) in [6.45, 7) is 2.47. The number of likely N-dealkylation sites (N-methyl/N-ethyl adjacent to an activating group) is 1. The van der Waals surface area contributed by atoms with Gasteiger partial charge in [0.1, 0.15) is 0 Å². The van der Waals surface area contributed by atoms with Crippen LogP contribution in [0.1, 0.15) is 6.92 Å². The van der Waals surface area contributed by atoms with Gasteiger partial charge >= 0.3 is 0 Å². The normalized spacial score (nSPS) is 33.8. The molecule has 0 aromatic heterocycles. The van der Waals surface area contributed by atoms with E-state index in [0.717, 1.165) is 5.88 Å². The number of piperidine rings is 1. The van der Waals surface area contributed by atoms with Crippen LogP contribution in [0.3, 0.4) is 0 Å². The van der Waals surface area contributed by atoms with Crippen LogP contribution >= 0.6 is 11.8 Å². The summed E-state index contributed by atoms with van der Waals surface area (Å²) in [5, 5.41) is 0.326. The summed E-state index contributed by atoms with van der Waals surface area (Å²) >= 11 is 1.86. The van der Waals surface area contributed by atoms with Gasteiger partial charge in [0, 0.05) is 31.6 Å². The highest BCUT2D eigenvalue weighted by Gasteiger charge is 2.50. The summed E-state index contributed by atoms with van der Waals surface area (Å²) in [4.78, 5) is 2.57. The fourth-order valence-electron chi connectivity index (χ4n) is 3.38. The maximum Gasteiger partial charge on any atom is 0.243 e. The van der Waals surface area contributed by atoms with Gasteiger partial charge in [-0.1, -0.05) is 18.2 Å². The molecule has 2 saturated heterocycles. The zero-order valence-electron chi connectivity index (χ0n) is 13.0. The van der Waals surface area contributed by atoms with Crippen molar-refractivity contribution >= 4 is 21.8 Å². The lowest BCUT2D eigenvalue weighted by Gasteiger charge is -2.44. The molecule has 3 rings (SSSR count). The SMILES string of the molecule is CO[C@H]1[C@H]2SCN(C)[C@H]2CN(S(=O)(=O)c2ccccc2)[C@H]1C. The highest BCUT2D eigenvalue weighted by atomic mass is 32.2. The largest absolute Gasteiger partial charge is 0.379 e. The van der Waals surface area contributed by atoms with Gasteiger partial charge < -0.3 is 4.74 Å². The number of benzene rings is 1. The summed E-state index contributed by atoms with van der Waals surface area (Å²) < 4.78 is 33.3. The Balaban J connectivity index is 1.96. The summed E-state index contributed by atoms with van der Waals surface area (Å²) in [6, 6.07) is 8.69. The van der Waals surface area contributed by atoms with E-state index in [4.69, 9.17) is 4.74 Å². The predicted molar refractivity (Wildman–Crippen MR) is 88.4 cm³/mol. The van der Waals surface area contributed by atoms with Crippen molar-refractivity contribution in [3.8, 4) is 0 Å². The van der Waals surface area contributed by atoms with Crippen molar-refractivity contribution in [2.75, 3.05) is 26.6 Å². The monoisotopic (exact) mass is 342 g/mol. The first-order chi connectivity index (χ1) is 10.5. The van der Waals surface area contributed by atoms with Crippen LogP contribution in [0.4, 0.5) is 0 Å². The van der Waals surface area contributed by atoms with Crippen molar-refractivity contribution < 1.29 is 13.2 Å². The Morgan fingerprint density at radius 3 is 2.59 bits per heavy atom. The Hall–Kier alpha value is -0.600. The van der Waals surface area contributed by atoms with Gasteiger partial charge in [-0.2, -0.15) is 4.31 Å². The van der Waals surface area contributed by atoms with Crippen LogP contribution in [0.15, 0.2) is 35.2 Å². The Morgan fingerprint density at radius 1 is 1.27 bits per heavy atom. The highest BCUT2D eigenvalue weighted by Crippen LogP contribution is 2.39. The van der Waals surface area contributed by atoms with E-state index in [1.165, 1.54) is 0 Å².